The van der Waals surface area contributed by atoms with E-state index in [-0.39, 0.29) is 5.75 Å². The number of hydrogen-bond acceptors (Lipinski definition) is 6. The highest BCUT2D eigenvalue weighted by Gasteiger charge is 2.16. The van der Waals surface area contributed by atoms with E-state index in [9.17, 15) is 9.59 Å². The molecule has 9 heteroatoms. The van der Waals surface area contributed by atoms with Gasteiger partial charge in [0.25, 0.3) is 5.91 Å². The number of ether oxygens (including phenoxy) is 3. The largest absolute Gasteiger partial charge is 0.490 e. The fraction of sp³-hybridized carbons (Fsp3) is 0.160. The molecule has 1 atom stereocenters. The van der Waals surface area contributed by atoms with E-state index in [4.69, 9.17) is 37.4 Å². The van der Waals surface area contributed by atoms with Crippen LogP contribution in [0.4, 0.5) is 0 Å². The van der Waals surface area contributed by atoms with E-state index in [1.165, 1.54) is 12.3 Å². The molecule has 3 aromatic carbocycles. The highest BCUT2D eigenvalue weighted by Crippen LogP contribution is 2.29. The van der Waals surface area contributed by atoms with Crippen LogP contribution < -0.4 is 19.6 Å². The van der Waals surface area contributed by atoms with Crippen LogP contribution in [0.15, 0.2) is 71.8 Å². The number of amides is 1. The Hall–Kier alpha value is -3.55. The van der Waals surface area contributed by atoms with Gasteiger partial charge >= 0.3 is 5.97 Å². The van der Waals surface area contributed by atoms with Crippen LogP contribution in [-0.4, -0.2) is 30.8 Å². The molecule has 0 bridgehead atoms. The van der Waals surface area contributed by atoms with Gasteiger partial charge in [-0.25, -0.2) is 10.2 Å². The lowest BCUT2D eigenvalue weighted by atomic mass is 10.2. The van der Waals surface area contributed by atoms with Gasteiger partial charge in [0.1, 0.15) is 5.75 Å². The smallest absolute Gasteiger partial charge is 0.343 e. The topological polar surface area (TPSA) is 86.2 Å². The molecular weight excluding hydrogens is 479 g/mol. The average molecular weight is 501 g/mol. The second-order valence-corrected chi connectivity index (χ2v) is 7.81. The molecule has 0 aliphatic carbocycles. The lowest BCUT2D eigenvalue weighted by Gasteiger charge is -2.14. The average Bonchev–Trinajstić information content (AvgIpc) is 2.83. The van der Waals surface area contributed by atoms with Gasteiger partial charge in [0.15, 0.2) is 17.6 Å². The summed E-state index contributed by atoms with van der Waals surface area (Å²) in [6.07, 6.45) is 0.583. The number of nitrogens with zero attached hydrogens (tertiary/aromatic N) is 1. The van der Waals surface area contributed by atoms with E-state index in [0.29, 0.717) is 39.3 Å². The van der Waals surface area contributed by atoms with Crippen molar-refractivity contribution in [1.29, 1.82) is 0 Å². The summed E-state index contributed by atoms with van der Waals surface area (Å²) in [5.41, 5.74) is 3.46. The first-order chi connectivity index (χ1) is 16.4. The third-order valence-corrected chi connectivity index (χ3v) is 4.97. The Morgan fingerprint density at radius 1 is 1.00 bits per heavy atom. The highest BCUT2D eigenvalue weighted by molar-refractivity contribution is 6.35. The van der Waals surface area contributed by atoms with Gasteiger partial charge in [-0.2, -0.15) is 5.10 Å². The summed E-state index contributed by atoms with van der Waals surface area (Å²) in [4.78, 5) is 24.7. The summed E-state index contributed by atoms with van der Waals surface area (Å²) in [5.74, 6) is 0.0142. The molecule has 0 aromatic heterocycles. The first-order valence-corrected chi connectivity index (χ1v) is 11.1. The minimum Gasteiger partial charge on any atom is -0.490 e. The Kier molecular flexibility index (Phi) is 8.90. The molecule has 34 heavy (non-hydrogen) atoms. The molecule has 0 saturated carbocycles. The minimum absolute atomic E-state index is 0.277. The number of hydrogen-bond donors (Lipinski definition) is 1. The van der Waals surface area contributed by atoms with E-state index >= 15 is 0 Å². The summed E-state index contributed by atoms with van der Waals surface area (Å²) >= 11 is 11.9. The highest BCUT2D eigenvalue weighted by atomic mass is 35.5. The van der Waals surface area contributed by atoms with E-state index in [1.54, 1.807) is 61.5 Å². The number of nitrogens with one attached hydrogen (secondary N) is 1. The molecule has 0 aliphatic rings. The van der Waals surface area contributed by atoms with Crippen molar-refractivity contribution in [3.05, 3.63) is 87.9 Å². The van der Waals surface area contributed by atoms with Gasteiger partial charge in [0, 0.05) is 5.02 Å². The molecule has 0 fully saturated rings. The van der Waals surface area contributed by atoms with Crippen LogP contribution in [0.25, 0.3) is 0 Å². The number of carbonyl (C=O) groups excluding carboxylic acids is 2. The summed E-state index contributed by atoms with van der Waals surface area (Å²) in [5, 5.41) is 4.72. The fourth-order valence-electron chi connectivity index (χ4n) is 2.77. The maximum absolute atomic E-state index is 12.4. The van der Waals surface area contributed by atoms with E-state index in [0.717, 1.165) is 0 Å². The zero-order valence-corrected chi connectivity index (χ0v) is 20.0. The molecule has 0 unspecified atom stereocenters. The quantitative estimate of drug-likeness (QED) is 0.180. The Bertz CT molecular complexity index is 1190. The molecule has 0 heterocycles. The Labute approximate surface area is 207 Å². The molecule has 3 aromatic rings. The first kappa shape index (κ1) is 25.1. The number of halogens is 2. The lowest BCUT2D eigenvalue weighted by molar-refractivity contribution is -0.127. The van der Waals surface area contributed by atoms with Crippen molar-refractivity contribution in [3.8, 4) is 17.2 Å². The molecule has 7 nitrogen and oxygen atoms in total. The van der Waals surface area contributed by atoms with Crippen LogP contribution in [0.2, 0.25) is 10.0 Å². The second kappa shape index (κ2) is 12.1. The number of carbonyl (C=O) groups is 2. The zero-order chi connectivity index (χ0) is 24.5. The molecule has 0 radical (unpaired) electrons. The van der Waals surface area contributed by atoms with Crippen LogP contribution in [0.5, 0.6) is 17.2 Å². The maximum Gasteiger partial charge on any atom is 0.343 e. The van der Waals surface area contributed by atoms with Gasteiger partial charge in [-0.15, -0.1) is 0 Å². The van der Waals surface area contributed by atoms with Crippen LogP contribution in [0, 0.1) is 0 Å². The summed E-state index contributed by atoms with van der Waals surface area (Å²) in [7, 11) is 0. The molecule has 3 rings (SSSR count). The van der Waals surface area contributed by atoms with Gasteiger partial charge in [-0.3, -0.25) is 4.79 Å². The van der Waals surface area contributed by atoms with Crippen molar-refractivity contribution < 1.29 is 23.8 Å². The number of hydrazone groups is 1. The lowest BCUT2D eigenvalue weighted by Crippen LogP contribution is -2.33. The predicted molar refractivity (Wildman–Crippen MR) is 131 cm³/mol. The standard InChI is InChI=1S/C25H22Cl2N2O5/c1-3-32-23-13-17(9-11-22(23)34-25(31)18-7-5-4-6-8-18)15-28-29-24(30)16(2)33-21-12-10-19(26)14-20(21)27/h4-16H,3H2,1-2H3,(H,29,30)/b28-15-/t16-/m1/s1. The Balaban J connectivity index is 1.62. The third-order valence-electron chi connectivity index (χ3n) is 4.44. The molecule has 1 amide bonds. The van der Waals surface area contributed by atoms with Crippen LogP contribution in [0.1, 0.15) is 29.8 Å². The van der Waals surface area contributed by atoms with Crippen molar-refractivity contribution in [2.45, 2.75) is 20.0 Å². The number of rotatable bonds is 9. The van der Waals surface area contributed by atoms with Crippen molar-refractivity contribution in [3.63, 3.8) is 0 Å². The summed E-state index contributed by atoms with van der Waals surface area (Å²) in [6.45, 7) is 3.76. The molecular formula is C25H22Cl2N2O5. The molecule has 0 aliphatic heterocycles. The summed E-state index contributed by atoms with van der Waals surface area (Å²) in [6, 6.07) is 18.3. The number of esters is 1. The molecule has 0 spiro atoms. The van der Waals surface area contributed by atoms with Gasteiger partial charge in [0.2, 0.25) is 0 Å². The van der Waals surface area contributed by atoms with Gasteiger partial charge in [0.05, 0.1) is 23.4 Å². The van der Waals surface area contributed by atoms with Gasteiger partial charge in [-0.1, -0.05) is 41.4 Å². The number of benzene rings is 3. The zero-order valence-electron chi connectivity index (χ0n) is 18.5. The van der Waals surface area contributed by atoms with Crippen LogP contribution in [0.3, 0.4) is 0 Å². The van der Waals surface area contributed by atoms with Crippen LogP contribution >= 0.6 is 23.2 Å². The third kappa shape index (κ3) is 6.97. The van der Waals surface area contributed by atoms with Crippen molar-refractivity contribution in [1.82, 2.24) is 5.43 Å². The Morgan fingerprint density at radius 3 is 2.44 bits per heavy atom. The van der Waals surface area contributed by atoms with E-state index < -0.39 is 18.0 Å². The minimum atomic E-state index is -0.852. The normalized spacial score (nSPS) is 11.6. The second-order valence-electron chi connectivity index (χ2n) is 6.96. The van der Waals surface area contributed by atoms with Crippen molar-refractivity contribution in [2.75, 3.05) is 6.61 Å². The summed E-state index contributed by atoms with van der Waals surface area (Å²) < 4.78 is 16.6. The Morgan fingerprint density at radius 2 is 1.74 bits per heavy atom. The maximum atomic E-state index is 12.4. The van der Waals surface area contributed by atoms with E-state index in [1.807, 2.05) is 13.0 Å². The predicted octanol–water partition coefficient (Wildman–Crippen LogP) is 5.53. The van der Waals surface area contributed by atoms with Gasteiger partial charge < -0.3 is 14.2 Å². The first-order valence-electron chi connectivity index (χ1n) is 10.4. The SMILES string of the molecule is CCOc1cc(/C=N\NC(=O)[C@@H](C)Oc2ccc(Cl)cc2Cl)ccc1OC(=O)c1ccccc1. The fourth-order valence-corrected chi connectivity index (χ4v) is 3.22. The monoisotopic (exact) mass is 500 g/mol. The van der Waals surface area contributed by atoms with E-state index in [2.05, 4.69) is 10.5 Å². The van der Waals surface area contributed by atoms with Crippen molar-refractivity contribution >= 4 is 41.3 Å². The van der Waals surface area contributed by atoms with Crippen LogP contribution in [-0.2, 0) is 4.79 Å². The van der Waals surface area contributed by atoms with Crippen molar-refractivity contribution in [2.24, 2.45) is 5.10 Å². The molecule has 0 saturated heterocycles. The molecule has 1 N–H and O–H groups in total. The molecule has 176 valence electrons. The van der Waals surface area contributed by atoms with Gasteiger partial charge in [-0.05, 0) is 67.9 Å².